The highest BCUT2D eigenvalue weighted by Gasteiger charge is 2.14. The Morgan fingerprint density at radius 2 is 1.83 bits per heavy atom. The van der Waals surface area contributed by atoms with Crippen molar-refractivity contribution in [2.75, 3.05) is 11.9 Å². The molecule has 3 nitrogen and oxygen atoms in total. The molecule has 0 aromatic heterocycles. The first kappa shape index (κ1) is 19.1. The predicted octanol–water partition coefficient (Wildman–Crippen LogP) is 6.43. The van der Waals surface area contributed by atoms with Crippen molar-refractivity contribution in [2.24, 2.45) is 5.92 Å². The van der Waals surface area contributed by atoms with Crippen molar-refractivity contribution in [3.8, 4) is 5.75 Å². The van der Waals surface area contributed by atoms with Crippen LogP contribution in [0.4, 0.5) is 5.69 Å². The molecule has 0 fully saturated rings. The van der Waals surface area contributed by atoms with Gasteiger partial charge in [-0.2, -0.15) is 0 Å². The van der Waals surface area contributed by atoms with Crippen LogP contribution in [-0.4, -0.2) is 12.5 Å². The van der Waals surface area contributed by atoms with Crippen molar-refractivity contribution in [1.82, 2.24) is 0 Å². The monoisotopic (exact) mass is 429 g/mol. The first-order valence-electron chi connectivity index (χ1n) is 7.55. The van der Waals surface area contributed by atoms with Crippen LogP contribution in [0.3, 0.4) is 0 Å². The zero-order valence-corrected chi connectivity index (χ0v) is 16.5. The zero-order valence-electron chi connectivity index (χ0n) is 13.4. The van der Waals surface area contributed by atoms with Crippen LogP contribution >= 0.6 is 39.1 Å². The number of benzene rings is 2. The second-order valence-electron chi connectivity index (χ2n) is 5.78. The average molecular weight is 431 g/mol. The molecular formula is C18H18BrCl2NO2. The van der Waals surface area contributed by atoms with Gasteiger partial charge in [0.25, 0.3) is 5.91 Å². The Morgan fingerprint density at radius 1 is 1.17 bits per heavy atom. The van der Waals surface area contributed by atoms with E-state index >= 15 is 0 Å². The number of rotatable bonds is 6. The van der Waals surface area contributed by atoms with Crippen LogP contribution in [-0.2, 0) is 0 Å². The second-order valence-corrected chi connectivity index (χ2v) is 7.57. The van der Waals surface area contributed by atoms with Gasteiger partial charge in [-0.25, -0.2) is 0 Å². The van der Waals surface area contributed by atoms with Crippen molar-refractivity contribution in [1.29, 1.82) is 0 Å². The Morgan fingerprint density at radius 3 is 2.46 bits per heavy atom. The largest absolute Gasteiger partial charge is 0.493 e. The molecule has 0 saturated carbocycles. The smallest absolute Gasteiger partial charge is 0.259 e. The van der Waals surface area contributed by atoms with Gasteiger partial charge in [-0.3, -0.25) is 4.79 Å². The topological polar surface area (TPSA) is 38.3 Å². The lowest BCUT2D eigenvalue weighted by Gasteiger charge is -2.13. The van der Waals surface area contributed by atoms with Gasteiger partial charge < -0.3 is 10.1 Å². The molecule has 0 atom stereocenters. The van der Waals surface area contributed by atoms with Gasteiger partial charge in [0, 0.05) is 20.2 Å². The summed E-state index contributed by atoms with van der Waals surface area (Å²) in [5.74, 6) is 0.796. The summed E-state index contributed by atoms with van der Waals surface area (Å²) in [5.41, 5.74) is 0.981. The molecule has 0 unspecified atom stereocenters. The minimum atomic E-state index is -0.283. The maximum absolute atomic E-state index is 12.6. The second kappa shape index (κ2) is 8.75. The van der Waals surface area contributed by atoms with Crippen molar-refractivity contribution >= 4 is 50.7 Å². The van der Waals surface area contributed by atoms with Gasteiger partial charge >= 0.3 is 0 Å². The Hall–Kier alpha value is -1.23. The molecule has 0 radical (unpaired) electrons. The fourth-order valence-electron chi connectivity index (χ4n) is 2.03. The Labute approximate surface area is 160 Å². The van der Waals surface area contributed by atoms with E-state index < -0.39 is 0 Å². The fraction of sp³-hybridized carbons (Fsp3) is 0.278. The molecule has 24 heavy (non-hydrogen) atoms. The molecule has 0 saturated heterocycles. The summed E-state index contributed by atoms with van der Waals surface area (Å²) in [6.07, 6.45) is 0.918. The van der Waals surface area contributed by atoms with Crippen LogP contribution in [0.2, 0.25) is 10.0 Å². The van der Waals surface area contributed by atoms with Crippen molar-refractivity contribution < 1.29 is 9.53 Å². The van der Waals surface area contributed by atoms with Crippen LogP contribution < -0.4 is 10.1 Å². The minimum Gasteiger partial charge on any atom is -0.493 e. The summed E-state index contributed by atoms with van der Waals surface area (Å²) < 4.78 is 6.57. The molecular weight excluding hydrogens is 413 g/mol. The van der Waals surface area contributed by atoms with E-state index in [1.807, 2.05) is 6.07 Å². The van der Waals surface area contributed by atoms with E-state index in [2.05, 4.69) is 35.1 Å². The van der Waals surface area contributed by atoms with E-state index in [9.17, 15) is 4.79 Å². The molecule has 6 heteroatoms. The van der Waals surface area contributed by atoms with Gasteiger partial charge in [0.15, 0.2) is 0 Å². The Kier molecular flexibility index (Phi) is 6.96. The number of hydrogen-bond acceptors (Lipinski definition) is 2. The molecule has 0 spiro atoms. The van der Waals surface area contributed by atoms with Gasteiger partial charge in [0.1, 0.15) is 5.75 Å². The van der Waals surface area contributed by atoms with Gasteiger partial charge in [-0.1, -0.05) is 53.0 Å². The number of amides is 1. The number of halogens is 3. The molecule has 0 bridgehead atoms. The Bertz CT molecular complexity index is 715. The van der Waals surface area contributed by atoms with Crippen molar-refractivity contribution in [3.63, 3.8) is 0 Å². The normalized spacial score (nSPS) is 10.8. The molecule has 2 rings (SSSR count). The van der Waals surface area contributed by atoms with Crippen LogP contribution in [0.5, 0.6) is 5.75 Å². The lowest BCUT2D eigenvalue weighted by atomic mass is 10.1. The third-order valence-corrected chi connectivity index (χ3v) is 4.19. The highest BCUT2D eigenvalue weighted by Crippen LogP contribution is 2.27. The van der Waals surface area contributed by atoms with Crippen molar-refractivity contribution in [2.45, 2.75) is 20.3 Å². The van der Waals surface area contributed by atoms with Crippen molar-refractivity contribution in [3.05, 3.63) is 56.5 Å². The van der Waals surface area contributed by atoms with Crippen LogP contribution in [0.25, 0.3) is 0 Å². The fourth-order valence-corrected chi connectivity index (χ4v) is 2.92. The van der Waals surface area contributed by atoms with E-state index in [0.717, 1.165) is 10.9 Å². The summed E-state index contributed by atoms with van der Waals surface area (Å²) >= 11 is 15.3. The number of anilines is 1. The van der Waals surface area contributed by atoms with Crippen LogP contribution in [0.1, 0.15) is 30.6 Å². The van der Waals surface area contributed by atoms with E-state index in [0.29, 0.717) is 39.6 Å². The molecule has 1 N–H and O–H groups in total. The van der Waals surface area contributed by atoms with E-state index in [1.165, 1.54) is 0 Å². The van der Waals surface area contributed by atoms with Gasteiger partial charge in [-0.05, 0) is 48.7 Å². The first-order valence-corrected chi connectivity index (χ1v) is 9.10. The molecule has 1 amide bonds. The summed E-state index contributed by atoms with van der Waals surface area (Å²) in [4.78, 5) is 12.6. The predicted molar refractivity (Wildman–Crippen MR) is 104 cm³/mol. The lowest BCUT2D eigenvalue weighted by Crippen LogP contribution is -2.14. The summed E-state index contributed by atoms with van der Waals surface area (Å²) in [7, 11) is 0. The van der Waals surface area contributed by atoms with Gasteiger partial charge in [-0.15, -0.1) is 0 Å². The first-order chi connectivity index (χ1) is 11.3. The molecule has 128 valence electrons. The molecule has 2 aromatic carbocycles. The number of carbonyl (C=O) groups excluding carboxylic acids is 1. The quantitative estimate of drug-likeness (QED) is 0.572. The number of carbonyl (C=O) groups is 1. The summed E-state index contributed by atoms with van der Waals surface area (Å²) in [6.45, 7) is 4.81. The third-order valence-electron chi connectivity index (χ3n) is 3.26. The number of hydrogen-bond donors (Lipinski definition) is 1. The van der Waals surface area contributed by atoms with Crippen LogP contribution in [0.15, 0.2) is 40.9 Å². The minimum absolute atomic E-state index is 0.283. The molecule has 2 aromatic rings. The van der Waals surface area contributed by atoms with E-state index in [-0.39, 0.29) is 5.91 Å². The molecule has 0 aliphatic rings. The molecule has 0 heterocycles. The van der Waals surface area contributed by atoms with Crippen LogP contribution in [0, 0.1) is 5.92 Å². The highest BCUT2D eigenvalue weighted by molar-refractivity contribution is 9.10. The highest BCUT2D eigenvalue weighted by atomic mass is 79.9. The average Bonchev–Trinajstić information content (AvgIpc) is 2.47. The molecule has 0 aliphatic heterocycles. The van der Waals surface area contributed by atoms with E-state index in [4.69, 9.17) is 27.9 Å². The number of nitrogens with one attached hydrogen (secondary N) is 1. The zero-order chi connectivity index (χ0) is 17.7. The molecule has 0 aliphatic carbocycles. The van der Waals surface area contributed by atoms with E-state index in [1.54, 1.807) is 30.3 Å². The maximum Gasteiger partial charge on any atom is 0.259 e. The SMILES string of the molecule is CC(C)CCOc1ccc(Br)cc1C(=O)Nc1cc(Cl)cc(Cl)c1. The summed E-state index contributed by atoms with van der Waals surface area (Å²) in [5, 5.41) is 3.72. The van der Waals surface area contributed by atoms with Gasteiger partial charge in [0.05, 0.1) is 12.2 Å². The number of ether oxygens (including phenoxy) is 1. The Balaban J connectivity index is 2.19. The third kappa shape index (κ3) is 5.69. The maximum atomic E-state index is 12.6. The standard InChI is InChI=1S/C18H18BrCl2NO2/c1-11(2)5-6-24-17-4-3-12(19)7-16(17)18(23)22-15-9-13(20)8-14(21)10-15/h3-4,7-11H,5-6H2,1-2H3,(H,22,23). The lowest BCUT2D eigenvalue weighted by molar-refractivity contribution is 0.102. The van der Waals surface area contributed by atoms with Gasteiger partial charge in [0.2, 0.25) is 0 Å². The summed E-state index contributed by atoms with van der Waals surface area (Å²) in [6, 6.07) is 10.2.